The summed E-state index contributed by atoms with van der Waals surface area (Å²) in [4.78, 5) is 11.5. The summed E-state index contributed by atoms with van der Waals surface area (Å²) in [7, 11) is 0. The smallest absolute Gasteiger partial charge is 0.271 e. The molecule has 2 rings (SSSR count). The number of aliphatic hydroxyl groups is 1. The molecule has 1 amide bonds. The van der Waals surface area contributed by atoms with E-state index in [1.807, 2.05) is 6.92 Å². The molecule has 1 aliphatic carbocycles. The van der Waals surface area contributed by atoms with Crippen LogP contribution >= 0.6 is 0 Å². The van der Waals surface area contributed by atoms with E-state index >= 15 is 0 Å². The number of amides is 1. The van der Waals surface area contributed by atoms with E-state index in [2.05, 4.69) is 20.8 Å². The van der Waals surface area contributed by atoms with Crippen LogP contribution < -0.4 is 10.6 Å². The van der Waals surface area contributed by atoms with E-state index < -0.39 is 0 Å². The highest BCUT2D eigenvalue weighted by molar-refractivity contribution is 5.92. The summed E-state index contributed by atoms with van der Waals surface area (Å²) < 4.78 is 0. The third kappa shape index (κ3) is 3.66. The molecule has 0 aromatic carbocycles. The van der Waals surface area contributed by atoms with Gasteiger partial charge in [-0.3, -0.25) is 4.79 Å². The van der Waals surface area contributed by atoms with Gasteiger partial charge in [-0.25, -0.2) is 0 Å². The molecular weight excluding hydrogens is 256 g/mol. The quantitative estimate of drug-likeness (QED) is 0.724. The van der Waals surface area contributed by atoms with Crippen LogP contribution in [-0.2, 0) is 0 Å². The van der Waals surface area contributed by atoms with E-state index in [1.165, 1.54) is 6.42 Å². The maximum atomic E-state index is 11.5. The van der Waals surface area contributed by atoms with Gasteiger partial charge in [-0.05, 0) is 43.7 Å². The number of aromatic nitrogens is 2. The number of rotatable bonds is 6. The van der Waals surface area contributed by atoms with Crippen molar-refractivity contribution >= 4 is 11.7 Å². The first-order valence-electron chi connectivity index (χ1n) is 7.21. The van der Waals surface area contributed by atoms with Crippen molar-refractivity contribution in [1.29, 1.82) is 0 Å². The second-order valence-electron chi connectivity index (χ2n) is 5.18. The van der Waals surface area contributed by atoms with Crippen LogP contribution in [0.2, 0.25) is 0 Å². The van der Waals surface area contributed by atoms with E-state index in [0.717, 1.165) is 19.4 Å². The summed E-state index contributed by atoms with van der Waals surface area (Å²) in [5.41, 5.74) is 0.325. The zero-order valence-corrected chi connectivity index (χ0v) is 11.8. The Morgan fingerprint density at radius 2 is 2.15 bits per heavy atom. The van der Waals surface area contributed by atoms with Crippen molar-refractivity contribution in [2.75, 3.05) is 25.0 Å². The van der Waals surface area contributed by atoms with Crippen molar-refractivity contribution in [3.05, 3.63) is 17.8 Å². The number of carbonyl (C=O) groups is 1. The van der Waals surface area contributed by atoms with Crippen molar-refractivity contribution < 1.29 is 9.90 Å². The van der Waals surface area contributed by atoms with Crippen LogP contribution in [0.25, 0.3) is 0 Å². The molecule has 1 heterocycles. The molecule has 1 aliphatic rings. The summed E-state index contributed by atoms with van der Waals surface area (Å²) in [6, 6.07) is 3.43. The Balaban J connectivity index is 1.86. The number of nitrogens with zero attached hydrogens (tertiary/aromatic N) is 2. The first kappa shape index (κ1) is 14.7. The molecule has 0 saturated heterocycles. The van der Waals surface area contributed by atoms with Crippen molar-refractivity contribution in [2.45, 2.75) is 26.2 Å². The SMILES string of the molecule is CCNC(=O)c1ccc(NCC2CCCC2CO)nn1. The summed E-state index contributed by atoms with van der Waals surface area (Å²) >= 11 is 0. The summed E-state index contributed by atoms with van der Waals surface area (Å²) in [5.74, 6) is 1.35. The lowest BCUT2D eigenvalue weighted by Gasteiger charge is -2.17. The van der Waals surface area contributed by atoms with Gasteiger partial charge < -0.3 is 15.7 Å². The minimum atomic E-state index is -0.206. The summed E-state index contributed by atoms with van der Waals surface area (Å²) in [6.07, 6.45) is 3.42. The monoisotopic (exact) mass is 278 g/mol. The van der Waals surface area contributed by atoms with Crippen LogP contribution in [0.3, 0.4) is 0 Å². The van der Waals surface area contributed by atoms with Gasteiger partial charge in [-0.15, -0.1) is 10.2 Å². The third-order valence-electron chi connectivity index (χ3n) is 3.83. The highest BCUT2D eigenvalue weighted by Gasteiger charge is 2.26. The molecule has 1 aromatic heterocycles. The highest BCUT2D eigenvalue weighted by atomic mass is 16.3. The second-order valence-corrected chi connectivity index (χ2v) is 5.18. The minimum absolute atomic E-state index is 0.206. The molecule has 0 aliphatic heterocycles. The van der Waals surface area contributed by atoms with Crippen molar-refractivity contribution in [3.63, 3.8) is 0 Å². The highest BCUT2D eigenvalue weighted by Crippen LogP contribution is 2.31. The molecule has 1 aromatic rings. The Morgan fingerprint density at radius 1 is 1.35 bits per heavy atom. The topological polar surface area (TPSA) is 87.1 Å². The van der Waals surface area contributed by atoms with Crippen LogP contribution in [-0.4, -0.2) is 40.9 Å². The summed E-state index contributed by atoms with van der Waals surface area (Å²) in [5, 5.41) is 23.1. The predicted molar refractivity (Wildman–Crippen MR) is 76.4 cm³/mol. The average molecular weight is 278 g/mol. The zero-order chi connectivity index (χ0) is 14.4. The van der Waals surface area contributed by atoms with E-state index in [0.29, 0.717) is 29.9 Å². The Labute approximate surface area is 119 Å². The number of nitrogens with one attached hydrogen (secondary N) is 2. The summed E-state index contributed by atoms with van der Waals surface area (Å²) in [6.45, 7) is 3.49. The Bertz CT molecular complexity index is 435. The molecule has 1 fully saturated rings. The second kappa shape index (κ2) is 7.19. The van der Waals surface area contributed by atoms with Crippen molar-refractivity contribution in [3.8, 4) is 0 Å². The van der Waals surface area contributed by atoms with Crippen molar-refractivity contribution in [1.82, 2.24) is 15.5 Å². The largest absolute Gasteiger partial charge is 0.396 e. The van der Waals surface area contributed by atoms with E-state index in [9.17, 15) is 9.90 Å². The Morgan fingerprint density at radius 3 is 2.80 bits per heavy atom. The first-order valence-corrected chi connectivity index (χ1v) is 7.21. The normalized spacial score (nSPS) is 21.7. The standard InChI is InChI=1S/C14H22N4O2/c1-2-15-14(20)12-6-7-13(18-17-12)16-8-10-4-3-5-11(10)9-19/h6-7,10-11,19H,2-5,8-9H2,1H3,(H,15,20)(H,16,18). The molecule has 0 spiro atoms. The van der Waals surface area contributed by atoms with Gasteiger partial charge in [0.15, 0.2) is 5.69 Å². The average Bonchev–Trinajstić information content (AvgIpc) is 2.93. The van der Waals surface area contributed by atoms with Gasteiger partial charge >= 0.3 is 0 Å². The fourth-order valence-corrected chi connectivity index (χ4v) is 2.66. The number of aliphatic hydroxyl groups excluding tert-OH is 1. The van der Waals surface area contributed by atoms with E-state index in [1.54, 1.807) is 12.1 Å². The Hall–Kier alpha value is -1.69. The molecule has 0 radical (unpaired) electrons. The number of carbonyl (C=O) groups excluding carboxylic acids is 1. The van der Waals surface area contributed by atoms with Gasteiger partial charge in [0.25, 0.3) is 5.91 Å². The molecule has 6 nitrogen and oxygen atoms in total. The van der Waals surface area contributed by atoms with Crippen LogP contribution in [0.4, 0.5) is 5.82 Å². The molecule has 6 heteroatoms. The predicted octanol–water partition coefficient (Wildman–Crippen LogP) is 1.05. The molecule has 110 valence electrons. The zero-order valence-electron chi connectivity index (χ0n) is 11.8. The Kier molecular flexibility index (Phi) is 5.29. The van der Waals surface area contributed by atoms with Crippen LogP contribution in [0.1, 0.15) is 36.7 Å². The fourth-order valence-electron chi connectivity index (χ4n) is 2.66. The maximum Gasteiger partial charge on any atom is 0.271 e. The number of hydrogen-bond acceptors (Lipinski definition) is 5. The molecule has 2 unspecified atom stereocenters. The van der Waals surface area contributed by atoms with Gasteiger partial charge in [-0.1, -0.05) is 6.42 Å². The molecule has 1 saturated carbocycles. The lowest BCUT2D eigenvalue weighted by Crippen LogP contribution is -2.24. The lowest BCUT2D eigenvalue weighted by molar-refractivity contribution is 0.0950. The first-order chi connectivity index (χ1) is 9.74. The van der Waals surface area contributed by atoms with Crippen molar-refractivity contribution in [2.24, 2.45) is 11.8 Å². The third-order valence-corrected chi connectivity index (χ3v) is 3.83. The van der Waals surface area contributed by atoms with Crippen LogP contribution in [0, 0.1) is 11.8 Å². The van der Waals surface area contributed by atoms with Gasteiger partial charge in [-0.2, -0.15) is 0 Å². The number of hydrogen-bond donors (Lipinski definition) is 3. The van der Waals surface area contributed by atoms with E-state index in [-0.39, 0.29) is 12.5 Å². The molecule has 20 heavy (non-hydrogen) atoms. The van der Waals surface area contributed by atoms with Gasteiger partial charge in [0.1, 0.15) is 5.82 Å². The van der Waals surface area contributed by atoms with Gasteiger partial charge in [0, 0.05) is 19.7 Å². The fraction of sp³-hybridized carbons (Fsp3) is 0.643. The maximum absolute atomic E-state index is 11.5. The molecule has 3 N–H and O–H groups in total. The van der Waals surface area contributed by atoms with Gasteiger partial charge in [0.05, 0.1) is 0 Å². The van der Waals surface area contributed by atoms with Gasteiger partial charge in [0.2, 0.25) is 0 Å². The lowest BCUT2D eigenvalue weighted by atomic mass is 9.97. The minimum Gasteiger partial charge on any atom is -0.396 e. The molecule has 2 atom stereocenters. The molecular formula is C14H22N4O2. The van der Waals surface area contributed by atoms with Crippen LogP contribution in [0.5, 0.6) is 0 Å². The van der Waals surface area contributed by atoms with Crippen LogP contribution in [0.15, 0.2) is 12.1 Å². The number of anilines is 1. The molecule has 0 bridgehead atoms. The van der Waals surface area contributed by atoms with E-state index in [4.69, 9.17) is 0 Å².